The van der Waals surface area contributed by atoms with E-state index in [4.69, 9.17) is 18.0 Å². The van der Waals surface area contributed by atoms with Gasteiger partial charge in [-0.05, 0) is 31.1 Å². The SMILES string of the molecule is CC1CC1C(=O)NC(C(N)=S)C1CCCCC1. The average Bonchev–Trinajstić information content (AvgIpc) is 3.04. The first-order valence-electron chi connectivity index (χ1n) is 6.69. The van der Waals surface area contributed by atoms with Gasteiger partial charge in [0, 0.05) is 5.92 Å². The van der Waals surface area contributed by atoms with Gasteiger partial charge in [0.1, 0.15) is 0 Å². The summed E-state index contributed by atoms with van der Waals surface area (Å²) in [5, 5.41) is 3.07. The number of rotatable bonds is 4. The molecule has 2 aliphatic carbocycles. The summed E-state index contributed by atoms with van der Waals surface area (Å²) in [6.07, 6.45) is 7.07. The highest BCUT2D eigenvalue weighted by Gasteiger charge is 2.40. The maximum Gasteiger partial charge on any atom is 0.223 e. The lowest BCUT2D eigenvalue weighted by Gasteiger charge is -2.30. The van der Waals surface area contributed by atoms with Crippen LogP contribution in [0.3, 0.4) is 0 Å². The van der Waals surface area contributed by atoms with Crippen molar-refractivity contribution < 1.29 is 4.79 Å². The van der Waals surface area contributed by atoms with Crippen molar-refractivity contribution in [3.05, 3.63) is 0 Å². The fraction of sp³-hybridized carbons (Fsp3) is 0.846. The number of amides is 1. The third-order valence-corrected chi connectivity index (χ3v) is 4.43. The van der Waals surface area contributed by atoms with Gasteiger partial charge in [-0.25, -0.2) is 0 Å². The van der Waals surface area contributed by atoms with Gasteiger partial charge in [-0.3, -0.25) is 4.79 Å². The maximum absolute atomic E-state index is 11.9. The number of carbonyl (C=O) groups excluding carboxylic acids is 1. The molecule has 3 nitrogen and oxygen atoms in total. The van der Waals surface area contributed by atoms with Crippen LogP contribution in [0.4, 0.5) is 0 Å². The van der Waals surface area contributed by atoms with Gasteiger partial charge in [0.05, 0.1) is 11.0 Å². The summed E-state index contributed by atoms with van der Waals surface area (Å²) in [4.78, 5) is 12.4. The van der Waals surface area contributed by atoms with E-state index in [2.05, 4.69) is 12.2 Å². The summed E-state index contributed by atoms with van der Waals surface area (Å²) in [7, 11) is 0. The van der Waals surface area contributed by atoms with Crippen molar-refractivity contribution in [1.29, 1.82) is 0 Å². The van der Waals surface area contributed by atoms with Crippen molar-refractivity contribution in [2.75, 3.05) is 0 Å². The molecule has 0 aromatic heterocycles. The van der Waals surface area contributed by atoms with Crippen LogP contribution in [-0.2, 0) is 4.79 Å². The smallest absolute Gasteiger partial charge is 0.223 e. The fourth-order valence-electron chi connectivity index (χ4n) is 2.84. The molecular weight excluding hydrogens is 232 g/mol. The first-order valence-corrected chi connectivity index (χ1v) is 7.10. The Morgan fingerprint density at radius 3 is 2.41 bits per heavy atom. The Bertz CT molecular complexity index is 313. The molecule has 0 radical (unpaired) electrons. The van der Waals surface area contributed by atoms with Gasteiger partial charge in [0.2, 0.25) is 5.91 Å². The molecule has 0 saturated heterocycles. The molecule has 2 rings (SSSR count). The van der Waals surface area contributed by atoms with Crippen molar-refractivity contribution >= 4 is 23.1 Å². The van der Waals surface area contributed by atoms with Crippen molar-refractivity contribution in [3.8, 4) is 0 Å². The molecule has 96 valence electrons. The molecule has 0 aromatic carbocycles. The average molecular weight is 254 g/mol. The van der Waals surface area contributed by atoms with Gasteiger partial charge in [-0.2, -0.15) is 0 Å². The Balaban J connectivity index is 1.92. The highest BCUT2D eigenvalue weighted by molar-refractivity contribution is 7.80. The number of thiocarbonyl (C=S) groups is 1. The fourth-order valence-corrected chi connectivity index (χ4v) is 3.09. The normalized spacial score (nSPS) is 30.6. The molecule has 0 aromatic rings. The van der Waals surface area contributed by atoms with Crippen LogP contribution in [0.2, 0.25) is 0 Å². The standard InChI is InChI=1S/C13H22N2OS/c1-8-7-10(8)13(16)15-11(12(14)17)9-5-3-2-4-6-9/h8-11H,2-7H2,1H3,(H2,14,17)(H,15,16). The summed E-state index contributed by atoms with van der Waals surface area (Å²) in [5.74, 6) is 1.35. The summed E-state index contributed by atoms with van der Waals surface area (Å²) >= 11 is 5.12. The first-order chi connectivity index (χ1) is 8.09. The van der Waals surface area contributed by atoms with E-state index in [1.807, 2.05) is 0 Å². The van der Waals surface area contributed by atoms with Crippen molar-refractivity contribution in [1.82, 2.24) is 5.32 Å². The molecule has 4 heteroatoms. The van der Waals surface area contributed by atoms with Gasteiger partial charge >= 0.3 is 0 Å². The van der Waals surface area contributed by atoms with Crippen LogP contribution in [0.25, 0.3) is 0 Å². The molecule has 3 N–H and O–H groups in total. The van der Waals surface area contributed by atoms with Gasteiger partial charge in [-0.15, -0.1) is 0 Å². The van der Waals surface area contributed by atoms with E-state index >= 15 is 0 Å². The molecule has 2 saturated carbocycles. The van der Waals surface area contributed by atoms with Crippen LogP contribution in [0.1, 0.15) is 45.4 Å². The minimum absolute atomic E-state index is 0.0781. The molecule has 1 amide bonds. The minimum atomic E-state index is -0.0781. The second kappa shape index (κ2) is 5.34. The third kappa shape index (κ3) is 3.18. The highest BCUT2D eigenvalue weighted by Crippen LogP contribution is 2.38. The maximum atomic E-state index is 11.9. The number of hydrogen-bond acceptors (Lipinski definition) is 2. The molecule has 17 heavy (non-hydrogen) atoms. The molecule has 2 aliphatic rings. The molecule has 0 heterocycles. The number of nitrogens with one attached hydrogen (secondary N) is 1. The van der Waals surface area contributed by atoms with Gasteiger partial charge < -0.3 is 11.1 Å². The zero-order valence-electron chi connectivity index (χ0n) is 10.4. The lowest BCUT2D eigenvalue weighted by atomic mass is 9.83. The first kappa shape index (κ1) is 12.8. The van der Waals surface area contributed by atoms with E-state index in [1.54, 1.807) is 0 Å². The summed E-state index contributed by atoms with van der Waals surface area (Å²) < 4.78 is 0. The minimum Gasteiger partial charge on any atom is -0.392 e. The summed E-state index contributed by atoms with van der Waals surface area (Å²) in [6.45, 7) is 2.11. The number of carbonyl (C=O) groups is 1. The predicted molar refractivity (Wildman–Crippen MR) is 72.6 cm³/mol. The Hall–Kier alpha value is -0.640. The second-order valence-corrected chi connectivity index (χ2v) is 6.08. The lowest BCUT2D eigenvalue weighted by molar-refractivity contribution is -0.123. The molecule has 0 aliphatic heterocycles. The van der Waals surface area contributed by atoms with Crippen LogP contribution < -0.4 is 11.1 Å². The summed E-state index contributed by atoms with van der Waals surface area (Å²) in [6, 6.07) is -0.0781. The molecule has 3 atom stereocenters. The molecule has 0 spiro atoms. The molecule has 2 fully saturated rings. The van der Waals surface area contributed by atoms with E-state index in [1.165, 1.54) is 19.3 Å². The predicted octanol–water partition coefficient (Wildman–Crippen LogP) is 1.99. The van der Waals surface area contributed by atoms with E-state index in [0.717, 1.165) is 19.3 Å². The van der Waals surface area contributed by atoms with Gasteiger partial charge in [0.15, 0.2) is 0 Å². The van der Waals surface area contributed by atoms with Crippen molar-refractivity contribution in [2.24, 2.45) is 23.5 Å². The summed E-state index contributed by atoms with van der Waals surface area (Å²) in [5.41, 5.74) is 5.79. The monoisotopic (exact) mass is 254 g/mol. The molecular formula is C13H22N2OS. The molecule has 3 unspecified atom stereocenters. The van der Waals surface area contributed by atoms with Crippen LogP contribution in [-0.4, -0.2) is 16.9 Å². The van der Waals surface area contributed by atoms with Crippen LogP contribution in [0.5, 0.6) is 0 Å². The Morgan fingerprint density at radius 2 is 1.94 bits per heavy atom. The van der Waals surface area contributed by atoms with Gasteiger partial charge in [-0.1, -0.05) is 38.4 Å². The second-order valence-electron chi connectivity index (χ2n) is 5.61. The van der Waals surface area contributed by atoms with Crippen molar-refractivity contribution in [2.45, 2.75) is 51.5 Å². The van der Waals surface area contributed by atoms with Gasteiger partial charge in [0.25, 0.3) is 0 Å². The molecule has 0 bridgehead atoms. The number of nitrogens with two attached hydrogens (primary N) is 1. The quantitative estimate of drug-likeness (QED) is 0.754. The lowest BCUT2D eigenvalue weighted by Crippen LogP contribution is -2.49. The van der Waals surface area contributed by atoms with Crippen LogP contribution >= 0.6 is 12.2 Å². The number of hydrogen-bond donors (Lipinski definition) is 2. The van der Waals surface area contributed by atoms with E-state index in [0.29, 0.717) is 16.8 Å². The van der Waals surface area contributed by atoms with Crippen LogP contribution in [0.15, 0.2) is 0 Å². The van der Waals surface area contributed by atoms with Crippen molar-refractivity contribution in [3.63, 3.8) is 0 Å². The van der Waals surface area contributed by atoms with E-state index < -0.39 is 0 Å². The largest absolute Gasteiger partial charge is 0.392 e. The zero-order valence-corrected chi connectivity index (χ0v) is 11.3. The Labute approximate surface area is 109 Å². The van der Waals surface area contributed by atoms with Crippen LogP contribution in [0, 0.1) is 17.8 Å². The topological polar surface area (TPSA) is 55.1 Å². The highest BCUT2D eigenvalue weighted by atomic mass is 32.1. The Kier molecular flexibility index (Phi) is 4.02. The van der Waals surface area contributed by atoms with E-state index in [-0.39, 0.29) is 17.9 Å². The zero-order chi connectivity index (χ0) is 12.4. The third-order valence-electron chi connectivity index (χ3n) is 4.17. The Morgan fingerprint density at radius 1 is 1.35 bits per heavy atom. The van der Waals surface area contributed by atoms with E-state index in [9.17, 15) is 4.79 Å².